The third kappa shape index (κ3) is 4.15. The van der Waals surface area contributed by atoms with Gasteiger partial charge >= 0.3 is 0 Å². The van der Waals surface area contributed by atoms with Crippen LogP contribution >= 0.6 is 0 Å². The summed E-state index contributed by atoms with van der Waals surface area (Å²) in [6.45, 7) is 2.40. The maximum atomic E-state index is 12.6. The minimum atomic E-state index is -3.16. The summed E-state index contributed by atoms with van der Waals surface area (Å²) in [5.41, 5.74) is 0. The van der Waals surface area contributed by atoms with Gasteiger partial charge in [-0.3, -0.25) is 0 Å². The molecule has 2 fully saturated rings. The van der Waals surface area contributed by atoms with Gasteiger partial charge in [0.1, 0.15) is 0 Å². The maximum absolute atomic E-state index is 12.6. The van der Waals surface area contributed by atoms with Crippen LogP contribution in [-0.4, -0.2) is 55.9 Å². The Bertz CT molecular complexity index is 362. The second kappa shape index (κ2) is 7.02. The molecule has 0 aromatic heterocycles. The fourth-order valence-electron chi connectivity index (χ4n) is 2.89. The highest BCUT2D eigenvalue weighted by atomic mass is 32.2. The number of sulfonamides is 1. The summed E-state index contributed by atoms with van der Waals surface area (Å²) in [7, 11) is -3.16. The van der Waals surface area contributed by atoms with Gasteiger partial charge in [-0.05, 0) is 51.1 Å². The molecule has 0 radical (unpaired) electrons. The van der Waals surface area contributed by atoms with Crippen LogP contribution in [0.25, 0.3) is 0 Å². The molecule has 0 atom stereocenters. The number of hydrogen-bond acceptors (Lipinski definition) is 4. The van der Waals surface area contributed by atoms with E-state index in [1.807, 2.05) is 0 Å². The number of rotatable bonds is 7. The Hall–Kier alpha value is -0.170. The van der Waals surface area contributed by atoms with E-state index in [4.69, 9.17) is 5.11 Å². The van der Waals surface area contributed by atoms with Crippen LogP contribution in [0.1, 0.15) is 38.5 Å². The Morgan fingerprint density at radius 3 is 2.37 bits per heavy atom. The first-order valence-corrected chi connectivity index (χ1v) is 9.05. The van der Waals surface area contributed by atoms with Gasteiger partial charge in [0, 0.05) is 19.2 Å². The normalized spacial score (nSPS) is 22.6. The smallest absolute Gasteiger partial charge is 0.214 e. The van der Waals surface area contributed by atoms with E-state index >= 15 is 0 Å². The third-order valence-corrected chi connectivity index (χ3v) is 6.37. The molecule has 2 rings (SSSR count). The van der Waals surface area contributed by atoms with Crippen LogP contribution in [0.5, 0.6) is 0 Å². The maximum Gasteiger partial charge on any atom is 0.214 e. The fraction of sp³-hybridized carbons (Fsp3) is 1.00. The van der Waals surface area contributed by atoms with E-state index in [0.717, 1.165) is 45.2 Å². The summed E-state index contributed by atoms with van der Waals surface area (Å²) >= 11 is 0. The molecule has 0 amide bonds. The minimum Gasteiger partial charge on any atom is -0.396 e. The van der Waals surface area contributed by atoms with E-state index in [1.165, 1.54) is 0 Å². The topological polar surface area (TPSA) is 69.6 Å². The molecule has 6 heteroatoms. The zero-order valence-corrected chi connectivity index (χ0v) is 12.4. The first-order valence-electron chi connectivity index (χ1n) is 7.44. The average Bonchev–Trinajstić information content (AvgIpc) is 2.32. The Balaban J connectivity index is 1.96. The van der Waals surface area contributed by atoms with Crippen molar-refractivity contribution in [3.8, 4) is 0 Å². The van der Waals surface area contributed by atoms with Crippen LogP contribution in [0.2, 0.25) is 0 Å². The summed E-state index contributed by atoms with van der Waals surface area (Å²) in [6.07, 6.45) is 5.55. The summed E-state index contributed by atoms with van der Waals surface area (Å²) in [5, 5.41) is 12.2. The van der Waals surface area contributed by atoms with Crippen LogP contribution < -0.4 is 5.32 Å². The lowest BCUT2D eigenvalue weighted by molar-refractivity contribution is 0.197. The molecule has 1 saturated carbocycles. The first kappa shape index (κ1) is 15.2. The molecule has 2 N–H and O–H groups in total. The molecule has 112 valence electrons. The second-order valence-electron chi connectivity index (χ2n) is 5.74. The lowest BCUT2D eigenvalue weighted by Crippen LogP contribution is -2.47. The monoisotopic (exact) mass is 290 g/mol. The molecule has 0 aromatic carbocycles. The van der Waals surface area contributed by atoms with Crippen molar-refractivity contribution in [3.05, 3.63) is 0 Å². The predicted molar refractivity (Wildman–Crippen MR) is 75.4 cm³/mol. The molecule has 1 heterocycles. The molecule has 2 aliphatic rings. The van der Waals surface area contributed by atoms with Gasteiger partial charge in [0.25, 0.3) is 0 Å². The van der Waals surface area contributed by atoms with Gasteiger partial charge in [0.15, 0.2) is 0 Å². The number of aliphatic hydroxyl groups is 1. The van der Waals surface area contributed by atoms with Crippen molar-refractivity contribution >= 4 is 10.0 Å². The number of nitrogens with zero attached hydrogens (tertiary/aromatic N) is 1. The highest BCUT2D eigenvalue weighted by molar-refractivity contribution is 7.89. The highest BCUT2D eigenvalue weighted by Gasteiger charge is 2.34. The fourth-order valence-corrected chi connectivity index (χ4v) is 5.08. The molecular weight excluding hydrogens is 264 g/mol. The molecule has 1 saturated heterocycles. The lowest BCUT2D eigenvalue weighted by Gasteiger charge is -2.37. The Morgan fingerprint density at radius 2 is 1.84 bits per heavy atom. The summed E-state index contributed by atoms with van der Waals surface area (Å²) in [6, 6.07) is 0.193. The molecule has 0 unspecified atom stereocenters. The highest BCUT2D eigenvalue weighted by Crippen LogP contribution is 2.29. The van der Waals surface area contributed by atoms with Gasteiger partial charge < -0.3 is 10.4 Å². The van der Waals surface area contributed by atoms with Crippen LogP contribution in [0, 0.1) is 5.92 Å². The first-order chi connectivity index (χ1) is 9.13. The molecule has 19 heavy (non-hydrogen) atoms. The second-order valence-corrected chi connectivity index (χ2v) is 7.71. The van der Waals surface area contributed by atoms with E-state index < -0.39 is 10.0 Å². The Morgan fingerprint density at radius 1 is 1.16 bits per heavy atom. The van der Waals surface area contributed by atoms with Crippen LogP contribution in [0.3, 0.4) is 0 Å². The SMILES string of the molecule is O=S(=O)(CC1CCNCC1)N(CCCO)C1CCC1. The van der Waals surface area contributed by atoms with Gasteiger partial charge in [0.2, 0.25) is 10.0 Å². The van der Waals surface area contributed by atoms with Crippen LogP contribution in [0.4, 0.5) is 0 Å². The van der Waals surface area contributed by atoms with Crippen molar-refractivity contribution in [1.29, 1.82) is 0 Å². The summed E-state index contributed by atoms with van der Waals surface area (Å²) in [4.78, 5) is 0. The lowest BCUT2D eigenvalue weighted by atomic mass is 9.93. The van der Waals surface area contributed by atoms with Gasteiger partial charge in [-0.25, -0.2) is 8.42 Å². The van der Waals surface area contributed by atoms with Crippen molar-refractivity contribution in [2.75, 3.05) is 32.0 Å². The molecule has 5 nitrogen and oxygen atoms in total. The third-order valence-electron chi connectivity index (χ3n) is 4.28. The van der Waals surface area contributed by atoms with Gasteiger partial charge in [-0.15, -0.1) is 0 Å². The zero-order valence-electron chi connectivity index (χ0n) is 11.6. The molecule has 0 aromatic rings. The largest absolute Gasteiger partial charge is 0.396 e. The van der Waals surface area contributed by atoms with Gasteiger partial charge in [-0.1, -0.05) is 6.42 Å². The predicted octanol–water partition coefficient (Wildman–Crippen LogP) is 0.553. The number of nitrogens with one attached hydrogen (secondary N) is 1. The summed E-state index contributed by atoms with van der Waals surface area (Å²) < 4.78 is 26.8. The van der Waals surface area contributed by atoms with Gasteiger partial charge in [0.05, 0.1) is 5.75 Å². The van der Waals surface area contributed by atoms with Crippen molar-refractivity contribution in [1.82, 2.24) is 9.62 Å². The van der Waals surface area contributed by atoms with Crippen LogP contribution in [0.15, 0.2) is 0 Å². The summed E-state index contributed by atoms with van der Waals surface area (Å²) in [5.74, 6) is 0.583. The van der Waals surface area contributed by atoms with E-state index in [1.54, 1.807) is 4.31 Å². The molecule has 0 spiro atoms. The van der Waals surface area contributed by atoms with E-state index in [2.05, 4.69) is 5.32 Å². The number of aliphatic hydroxyl groups excluding tert-OH is 1. The molecule has 1 aliphatic carbocycles. The van der Waals surface area contributed by atoms with Crippen molar-refractivity contribution in [3.63, 3.8) is 0 Å². The quantitative estimate of drug-likeness (QED) is 0.718. The number of hydrogen-bond donors (Lipinski definition) is 2. The van der Waals surface area contributed by atoms with E-state index in [9.17, 15) is 8.42 Å². The van der Waals surface area contributed by atoms with Crippen molar-refractivity contribution < 1.29 is 13.5 Å². The minimum absolute atomic E-state index is 0.0616. The zero-order chi connectivity index (χ0) is 13.7. The number of piperidine rings is 1. The average molecular weight is 290 g/mol. The van der Waals surface area contributed by atoms with Crippen LogP contribution in [-0.2, 0) is 10.0 Å². The standard InChI is InChI=1S/C13H26N2O3S/c16-10-2-9-15(13-3-1-4-13)19(17,18)11-12-5-7-14-8-6-12/h12-14,16H,1-11H2. The van der Waals surface area contributed by atoms with Crippen molar-refractivity contribution in [2.24, 2.45) is 5.92 Å². The van der Waals surface area contributed by atoms with Crippen molar-refractivity contribution in [2.45, 2.75) is 44.6 Å². The van der Waals surface area contributed by atoms with E-state index in [-0.39, 0.29) is 18.4 Å². The Kier molecular flexibility index (Phi) is 5.62. The Labute approximate surface area is 116 Å². The van der Waals surface area contributed by atoms with E-state index in [0.29, 0.717) is 18.9 Å². The molecular formula is C13H26N2O3S. The molecule has 0 bridgehead atoms. The molecule has 1 aliphatic heterocycles. The van der Waals surface area contributed by atoms with Gasteiger partial charge in [-0.2, -0.15) is 4.31 Å².